The second-order valence-electron chi connectivity index (χ2n) is 4.88. The molecule has 0 heterocycles. The molecule has 2 N–H and O–H groups in total. The third kappa shape index (κ3) is 6.81. The van der Waals surface area contributed by atoms with Crippen molar-refractivity contribution in [1.29, 1.82) is 5.26 Å². The fraction of sp³-hybridized carbons (Fsp3) is 0.909. The molecule has 0 spiro atoms. The van der Waals surface area contributed by atoms with Crippen LogP contribution in [0, 0.1) is 16.7 Å². The SMILES string of the molecule is CCC(N)CS(=O)(=O)CCCC(C)(C)C#N. The van der Waals surface area contributed by atoms with Crippen molar-refractivity contribution in [3.8, 4) is 6.07 Å². The summed E-state index contributed by atoms with van der Waals surface area (Å²) in [6, 6.07) is 1.89. The van der Waals surface area contributed by atoms with Crippen LogP contribution in [0.3, 0.4) is 0 Å². The topological polar surface area (TPSA) is 84.0 Å². The van der Waals surface area contributed by atoms with E-state index in [1.807, 2.05) is 20.8 Å². The van der Waals surface area contributed by atoms with Gasteiger partial charge in [0, 0.05) is 6.04 Å². The third-order valence-electron chi connectivity index (χ3n) is 2.55. The molecule has 4 nitrogen and oxygen atoms in total. The van der Waals surface area contributed by atoms with Gasteiger partial charge in [-0.25, -0.2) is 8.42 Å². The fourth-order valence-electron chi connectivity index (χ4n) is 1.32. The lowest BCUT2D eigenvalue weighted by Crippen LogP contribution is -2.30. The number of hydrogen-bond donors (Lipinski definition) is 1. The van der Waals surface area contributed by atoms with Gasteiger partial charge in [-0.1, -0.05) is 6.92 Å². The fourth-order valence-corrected chi connectivity index (χ4v) is 2.96. The summed E-state index contributed by atoms with van der Waals surface area (Å²) in [6.07, 6.45) is 1.80. The highest BCUT2D eigenvalue weighted by atomic mass is 32.2. The smallest absolute Gasteiger partial charge is 0.151 e. The normalized spacial score (nSPS) is 14.4. The number of nitriles is 1. The maximum Gasteiger partial charge on any atom is 0.151 e. The Balaban J connectivity index is 4.08. The van der Waals surface area contributed by atoms with Crippen LogP contribution >= 0.6 is 0 Å². The van der Waals surface area contributed by atoms with Gasteiger partial charge < -0.3 is 5.73 Å². The number of nitrogens with two attached hydrogens (primary N) is 1. The zero-order valence-corrected chi connectivity index (χ0v) is 11.2. The summed E-state index contributed by atoms with van der Waals surface area (Å²) in [7, 11) is -3.06. The molecule has 0 rings (SSSR count). The zero-order chi connectivity index (χ0) is 12.8. The van der Waals surface area contributed by atoms with Gasteiger partial charge in [0.15, 0.2) is 9.84 Å². The molecule has 0 aliphatic carbocycles. The molecule has 0 aromatic rings. The van der Waals surface area contributed by atoms with Gasteiger partial charge in [0.1, 0.15) is 0 Å². The number of rotatable bonds is 7. The Hall–Kier alpha value is -0.600. The highest BCUT2D eigenvalue weighted by Crippen LogP contribution is 2.21. The minimum absolute atomic E-state index is 0.0521. The van der Waals surface area contributed by atoms with Crippen molar-refractivity contribution < 1.29 is 8.42 Å². The van der Waals surface area contributed by atoms with E-state index in [-0.39, 0.29) is 17.5 Å². The summed E-state index contributed by atoms with van der Waals surface area (Å²) in [5.41, 5.74) is 5.17. The Bertz CT molecular complexity index is 341. The number of nitrogens with zero attached hydrogens (tertiary/aromatic N) is 1. The van der Waals surface area contributed by atoms with E-state index < -0.39 is 15.3 Å². The first-order valence-electron chi connectivity index (χ1n) is 5.59. The van der Waals surface area contributed by atoms with Gasteiger partial charge >= 0.3 is 0 Å². The average molecular weight is 246 g/mol. The van der Waals surface area contributed by atoms with Gasteiger partial charge in [-0.05, 0) is 33.1 Å². The second kappa shape index (κ2) is 6.21. The van der Waals surface area contributed by atoms with Crippen molar-refractivity contribution in [2.45, 2.75) is 46.1 Å². The lowest BCUT2D eigenvalue weighted by atomic mass is 9.90. The van der Waals surface area contributed by atoms with Crippen LogP contribution in [0.1, 0.15) is 40.0 Å². The van der Waals surface area contributed by atoms with Crippen molar-refractivity contribution in [2.24, 2.45) is 11.1 Å². The molecule has 0 radical (unpaired) electrons. The van der Waals surface area contributed by atoms with Crippen molar-refractivity contribution in [2.75, 3.05) is 11.5 Å². The minimum Gasteiger partial charge on any atom is -0.327 e. The summed E-state index contributed by atoms with van der Waals surface area (Å²) < 4.78 is 23.2. The summed E-state index contributed by atoms with van der Waals surface area (Å²) >= 11 is 0. The first kappa shape index (κ1) is 15.4. The molecule has 0 saturated heterocycles. The second-order valence-corrected chi connectivity index (χ2v) is 7.11. The molecular weight excluding hydrogens is 224 g/mol. The van der Waals surface area contributed by atoms with Crippen LogP contribution in [0.15, 0.2) is 0 Å². The van der Waals surface area contributed by atoms with Crippen molar-refractivity contribution in [1.82, 2.24) is 0 Å². The van der Waals surface area contributed by atoms with Crippen LogP contribution in [0.5, 0.6) is 0 Å². The quantitative estimate of drug-likeness (QED) is 0.737. The first-order chi connectivity index (χ1) is 7.22. The molecule has 0 amide bonds. The summed E-state index contributed by atoms with van der Waals surface area (Å²) in [6.45, 7) is 5.51. The van der Waals surface area contributed by atoms with Crippen molar-refractivity contribution in [3.05, 3.63) is 0 Å². The van der Waals surface area contributed by atoms with E-state index in [1.165, 1.54) is 0 Å². The molecule has 1 atom stereocenters. The van der Waals surface area contributed by atoms with Crippen LogP contribution in [-0.4, -0.2) is 26.0 Å². The number of sulfone groups is 1. The van der Waals surface area contributed by atoms with Gasteiger partial charge in [0.25, 0.3) is 0 Å². The molecule has 16 heavy (non-hydrogen) atoms. The van der Waals surface area contributed by atoms with Gasteiger partial charge in [-0.3, -0.25) is 0 Å². The monoisotopic (exact) mass is 246 g/mol. The van der Waals surface area contributed by atoms with Crippen LogP contribution < -0.4 is 5.73 Å². The molecule has 0 saturated carbocycles. The molecule has 0 aromatic heterocycles. The molecule has 5 heteroatoms. The van der Waals surface area contributed by atoms with Gasteiger partial charge in [0.05, 0.1) is 23.0 Å². The van der Waals surface area contributed by atoms with E-state index in [9.17, 15) is 8.42 Å². The molecule has 1 unspecified atom stereocenters. The summed E-state index contributed by atoms with van der Waals surface area (Å²) in [4.78, 5) is 0. The van der Waals surface area contributed by atoms with Crippen LogP contribution in [-0.2, 0) is 9.84 Å². The van der Waals surface area contributed by atoms with Gasteiger partial charge in [0.2, 0.25) is 0 Å². The molecule has 0 aromatic carbocycles. The minimum atomic E-state index is -3.06. The van der Waals surface area contributed by atoms with E-state index in [0.717, 1.165) is 0 Å². The molecular formula is C11H22N2O2S. The van der Waals surface area contributed by atoms with Crippen molar-refractivity contribution in [3.63, 3.8) is 0 Å². The average Bonchev–Trinajstić information content (AvgIpc) is 2.16. The van der Waals surface area contributed by atoms with E-state index in [1.54, 1.807) is 0 Å². The lowest BCUT2D eigenvalue weighted by Gasteiger charge is -2.15. The largest absolute Gasteiger partial charge is 0.327 e. The number of hydrogen-bond acceptors (Lipinski definition) is 4. The maximum absolute atomic E-state index is 11.6. The summed E-state index contributed by atoms with van der Waals surface area (Å²) in [5.74, 6) is 0.183. The van der Waals surface area contributed by atoms with Crippen LogP contribution in [0.25, 0.3) is 0 Å². The standard InChI is InChI=1S/C11H22N2O2S/c1-4-10(13)8-16(14,15)7-5-6-11(2,3)9-12/h10H,4-8,13H2,1-3H3. The third-order valence-corrected chi connectivity index (χ3v) is 4.40. The highest BCUT2D eigenvalue weighted by Gasteiger charge is 2.19. The Morgan fingerprint density at radius 3 is 2.44 bits per heavy atom. The zero-order valence-electron chi connectivity index (χ0n) is 10.4. The first-order valence-corrected chi connectivity index (χ1v) is 7.42. The van der Waals surface area contributed by atoms with Gasteiger partial charge in [-0.2, -0.15) is 5.26 Å². The maximum atomic E-state index is 11.6. The predicted octanol–water partition coefficient (Wildman–Crippen LogP) is 1.47. The Morgan fingerprint density at radius 1 is 1.44 bits per heavy atom. The Labute approximate surface area is 98.7 Å². The van der Waals surface area contributed by atoms with Crippen LogP contribution in [0.2, 0.25) is 0 Å². The van der Waals surface area contributed by atoms with E-state index in [0.29, 0.717) is 19.3 Å². The van der Waals surface area contributed by atoms with Crippen molar-refractivity contribution >= 4 is 9.84 Å². The lowest BCUT2D eigenvalue weighted by molar-refractivity contribution is 0.445. The predicted molar refractivity (Wildman–Crippen MR) is 65.5 cm³/mol. The molecule has 0 fully saturated rings. The molecule has 0 aliphatic heterocycles. The Kier molecular flexibility index (Phi) is 5.98. The van der Waals surface area contributed by atoms with Gasteiger partial charge in [-0.15, -0.1) is 0 Å². The van der Waals surface area contributed by atoms with E-state index in [2.05, 4.69) is 6.07 Å². The molecule has 94 valence electrons. The molecule has 0 aliphatic rings. The summed E-state index contributed by atoms with van der Waals surface area (Å²) in [5, 5.41) is 8.79. The van der Waals surface area contributed by atoms with E-state index in [4.69, 9.17) is 11.0 Å². The van der Waals surface area contributed by atoms with Crippen LogP contribution in [0.4, 0.5) is 0 Å². The molecule has 0 bridgehead atoms. The Morgan fingerprint density at radius 2 is 2.00 bits per heavy atom. The highest BCUT2D eigenvalue weighted by molar-refractivity contribution is 7.91. The van der Waals surface area contributed by atoms with E-state index >= 15 is 0 Å².